The van der Waals surface area contributed by atoms with E-state index < -0.39 is 11.8 Å². The molecule has 0 spiro atoms. The van der Waals surface area contributed by atoms with Gasteiger partial charge in [-0.15, -0.1) is 0 Å². The molecule has 4 heteroatoms. The van der Waals surface area contributed by atoms with Crippen molar-refractivity contribution in [1.29, 1.82) is 0 Å². The van der Waals surface area contributed by atoms with E-state index in [9.17, 15) is 9.18 Å². The number of halogens is 1. The highest BCUT2D eigenvalue weighted by Crippen LogP contribution is 2.30. The van der Waals surface area contributed by atoms with Gasteiger partial charge in [-0.2, -0.15) is 0 Å². The Bertz CT molecular complexity index is 635. The van der Waals surface area contributed by atoms with Gasteiger partial charge in [-0.05, 0) is 36.2 Å². The van der Waals surface area contributed by atoms with Crippen molar-refractivity contribution in [2.45, 2.75) is 6.92 Å². The third-order valence-corrected chi connectivity index (χ3v) is 2.95. The van der Waals surface area contributed by atoms with Crippen LogP contribution in [0.4, 0.5) is 4.39 Å². The molecular formula is C15H13FO3. The number of carboxylic acids is 1. The Labute approximate surface area is 110 Å². The van der Waals surface area contributed by atoms with Gasteiger partial charge in [0, 0.05) is 5.56 Å². The van der Waals surface area contributed by atoms with Gasteiger partial charge in [0.25, 0.3) is 0 Å². The number of rotatable bonds is 3. The lowest BCUT2D eigenvalue weighted by atomic mass is 9.98. The predicted octanol–water partition coefficient (Wildman–Crippen LogP) is 3.51. The highest BCUT2D eigenvalue weighted by atomic mass is 19.1. The van der Waals surface area contributed by atoms with Crippen LogP contribution in [0.15, 0.2) is 36.4 Å². The molecule has 0 bridgehead atoms. The van der Waals surface area contributed by atoms with E-state index in [1.165, 1.54) is 12.1 Å². The summed E-state index contributed by atoms with van der Waals surface area (Å²) in [5, 5.41) is 8.93. The quantitative estimate of drug-likeness (QED) is 0.918. The van der Waals surface area contributed by atoms with E-state index in [0.29, 0.717) is 11.3 Å². The number of hydrogen-bond donors (Lipinski definition) is 1. The molecule has 0 atom stereocenters. The second-order valence-electron chi connectivity index (χ2n) is 4.15. The summed E-state index contributed by atoms with van der Waals surface area (Å²) in [6.45, 7) is 1.82. The summed E-state index contributed by atoms with van der Waals surface area (Å²) in [5.41, 5.74) is 1.43. The van der Waals surface area contributed by atoms with E-state index in [2.05, 4.69) is 0 Å². The minimum Gasteiger partial charge on any atom is -0.497 e. The van der Waals surface area contributed by atoms with Crippen LogP contribution in [0.2, 0.25) is 0 Å². The normalized spacial score (nSPS) is 10.3. The van der Waals surface area contributed by atoms with Crippen LogP contribution in [0.5, 0.6) is 5.75 Å². The summed E-state index contributed by atoms with van der Waals surface area (Å²) in [6, 6.07) is 9.57. The van der Waals surface area contributed by atoms with Gasteiger partial charge >= 0.3 is 5.97 Å². The van der Waals surface area contributed by atoms with E-state index in [4.69, 9.17) is 9.84 Å². The standard InChI is InChI=1S/C15H13FO3/c1-9-8-10(19-2)6-7-11(9)12-4-3-5-13(14(12)16)15(17)18/h3-8H,1-2H3,(H,17,18). The van der Waals surface area contributed by atoms with E-state index in [1.54, 1.807) is 31.4 Å². The number of aromatic carboxylic acids is 1. The molecule has 0 saturated heterocycles. The average Bonchev–Trinajstić information content (AvgIpc) is 2.39. The molecule has 19 heavy (non-hydrogen) atoms. The number of aryl methyl sites for hydroxylation is 1. The summed E-state index contributed by atoms with van der Waals surface area (Å²) in [6.07, 6.45) is 0. The molecule has 2 aromatic rings. The molecule has 0 unspecified atom stereocenters. The number of hydrogen-bond acceptors (Lipinski definition) is 2. The second-order valence-corrected chi connectivity index (χ2v) is 4.15. The number of carbonyl (C=O) groups is 1. The van der Waals surface area contributed by atoms with E-state index in [0.717, 1.165) is 5.56 Å². The molecule has 0 aliphatic rings. The first-order chi connectivity index (χ1) is 9.04. The first kappa shape index (κ1) is 13.1. The highest BCUT2D eigenvalue weighted by Gasteiger charge is 2.16. The minimum atomic E-state index is -1.27. The summed E-state index contributed by atoms with van der Waals surface area (Å²) in [7, 11) is 1.56. The summed E-state index contributed by atoms with van der Waals surface area (Å²) >= 11 is 0. The third-order valence-electron chi connectivity index (χ3n) is 2.95. The van der Waals surface area contributed by atoms with Crippen molar-refractivity contribution in [3.8, 4) is 16.9 Å². The van der Waals surface area contributed by atoms with Gasteiger partial charge in [-0.25, -0.2) is 9.18 Å². The van der Waals surface area contributed by atoms with Crippen molar-refractivity contribution in [2.75, 3.05) is 7.11 Å². The number of carboxylic acid groups (broad SMARTS) is 1. The number of methoxy groups -OCH3 is 1. The lowest BCUT2D eigenvalue weighted by molar-refractivity contribution is 0.0692. The Balaban J connectivity index is 2.59. The molecule has 2 rings (SSSR count). The molecule has 1 N–H and O–H groups in total. The van der Waals surface area contributed by atoms with Gasteiger partial charge in [-0.1, -0.05) is 18.2 Å². The van der Waals surface area contributed by atoms with Crippen molar-refractivity contribution in [3.05, 3.63) is 53.3 Å². The molecule has 0 aliphatic carbocycles. The lowest BCUT2D eigenvalue weighted by Gasteiger charge is -2.10. The zero-order valence-electron chi connectivity index (χ0n) is 10.6. The fourth-order valence-corrected chi connectivity index (χ4v) is 1.97. The van der Waals surface area contributed by atoms with Gasteiger partial charge in [0.2, 0.25) is 0 Å². The highest BCUT2D eigenvalue weighted by molar-refractivity contribution is 5.90. The van der Waals surface area contributed by atoms with Crippen LogP contribution in [0.25, 0.3) is 11.1 Å². The van der Waals surface area contributed by atoms with Crippen LogP contribution in [0.1, 0.15) is 15.9 Å². The van der Waals surface area contributed by atoms with Gasteiger partial charge in [0.1, 0.15) is 11.6 Å². The lowest BCUT2D eigenvalue weighted by Crippen LogP contribution is -2.02. The van der Waals surface area contributed by atoms with Crippen LogP contribution in [0, 0.1) is 12.7 Å². The van der Waals surface area contributed by atoms with Crippen molar-refractivity contribution in [2.24, 2.45) is 0 Å². The van der Waals surface area contributed by atoms with Crippen LogP contribution in [-0.4, -0.2) is 18.2 Å². The Morgan fingerprint density at radius 1 is 1.21 bits per heavy atom. The van der Waals surface area contributed by atoms with E-state index in [-0.39, 0.29) is 11.1 Å². The Morgan fingerprint density at radius 2 is 1.95 bits per heavy atom. The summed E-state index contributed by atoms with van der Waals surface area (Å²) in [4.78, 5) is 10.9. The van der Waals surface area contributed by atoms with Crippen molar-refractivity contribution in [1.82, 2.24) is 0 Å². The largest absolute Gasteiger partial charge is 0.497 e. The molecule has 0 saturated carbocycles. The maximum absolute atomic E-state index is 14.2. The average molecular weight is 260 g/mol. The van der Waals surface area contributed by atoms with Crippen LogP contribution in [0.3, 0.4) is 0 Å². The van der Waals surface area contributed by atoms with Gasteiger partial charge in [-0.3, -0.25) is 0 Å². The molecule has 0 fully saturated rings. The minimum absolute atomic E-state index is 0.278. The second kappa shape index (κ2) is 5.10. The van der Waals surface area contributed by atoms with E-state index in [1.807, 2.05) is 6.92 Å². The number of benzene rings is 2. The summed E-state index contributed by atoms with van der Waals surface area (Å²) in [5.74, 6) is -1.31. The van der Waals surface area contributed by atoms with Gasteiger partial charge in [0.15, 0.2) is 0 Å². The van der Waals surface area contributed by atoms with Crippen molar-refractivity contribution < 1.29 is 19.0 Å². The number of ether oxygens (including phenoxy) is 1. The van der Waals surface area contributed by atoms with Crippen LogP contribution >= 0.6 is 0 Å². The molecule has 0 aliphatic heterocycles. The third kappa shape index (κ3) is 2.42. The zero-order chi connectivity index (χ0) is 14.0. The molecule has 0 aromatic heterocycles. The van der Waals surface area contributed by atoms with Crippen LogP contribution in [-0.2, 0) is 0 Å². The fraction of sp³-hybridized carbons (Fsp3) is 0.133. The maximum Gasteiger partial charge on any atom is 0.338 e. The SMILES string of the molecule is COc1ccc(-c2cccc(C(=O)O)c2F)c(C)c1. The smallest absolute Gasteiger partial charge is 0.338 e. The molecule has 0 radical (unpaired) electrons. The fourth-order valence-electron chi connectivity index (χ4n) is 1.97. The van der Waals surface area contributed by atoms with Crippen molar-refractivity contribution in [3.63, 3.8) is 0 Å². The summed E-state index contributed by atoms with van der Waals surface area (Å²) < 4.78 is 19.2. The zero-order valence-corrected chi connectivity index (χ0v) is 10.6. The molecular weight excluding hydrogens is 247 g/mol. The maximum atomic E-state index is 14.2. The van der Waals surface area contributed by atoms with Crippen molar-refractivity contribution >= 4 is 5.97 Å². The first-order valence-corrected chi connectivity index (χ1v) is 5.71. The molecule has 98 valence electrons. The Kier molecular flexibility index (Phi) is 3.51. The monoisotopic (exact) mass is 260 g/mol. The van der Waals surface area contributed by atoms with Gasteiger partial charge in [0.05, 0.1) is 12.7 Å². The Hall–Kier alpha value is -2.36. The van der Waals surface area contributed by atoms with Crippen LogP contribution < -0.4 is 4.74 Å². The first-order valence-electron chi connectivity index (χ1n) is 5.71. The molecule has 0 heterocycles. The molecule has 2 aromatic carbocycles. The predicted molar refractivity (Wildman–Crippen MR) is 70.1 cm³/mol. The topological polar surface area (TPSA) is 46.5 Å². The van der Waals surface area contributed by atoms with Gasteiger partial charge < -0.3 is 9.84 Å². The molecule has 0 amide bonds. The van der Waals surface area contributed by atoms with E-state index >= 15 is 0 Å². The molecule has 3 nitrogen and oxygen atoms in total. The Morgan fingerprint density at radius 3 is 2.53 bits per heavy atom.